The lowest BCUT2D eigenvalue weighted by Gasteiger charge is -2.06. The molecule has 0 radical (unpaired) electrons. The summed E-state index contributed by atoms with van der Waals surface area (Å²) in [7, 11) is 1.31. The van der Waals surface area contributed by atoms with Crippen molar-refractivity contribution in [3.63, 3.8) is 0 Å². The van der Waals surface area contributed by atoms with Crippen LogP contribution in [0.3, 0.4) is 0 Å². The zero-order chi connectivity index (χ0) is 16.7. The number of hydrogen-bond acceptors (Lipinski definition) is 6. The molecule has 1 heterocycles. The summed E-state index contributed by atoms with van der Waals surface area (Å²) in [4.78, 5) is 31.5. The Labute approximate surface area is 133 Å². The first-order chi connectivity index (χ1) is 11.1. The fraction of sp³-hybridized carbons (Fsp3) is 0.125. The fourth-order valence-corrected chi connectivity index (χ4v) is 1.71. The zero-order valence-electron chi connectivity index (χ0n) is 12.6. The number of anilines is 2. The fourth-order valence-electron chi connectivity index (χ4n) is 1.71. The Morgan fingerprint density at radius 2 is 1.83 bits per heavy atom. The number of esters is 1. The van der Waals surface area contributed by atoms with Gasteiger partial charge in [0.2, 0.25) is 5.95 Å². The molecule has 0 atom stereocenters. The van der Waals surface area contributed by atoms with Gasteiger partial charge in [0, 0.05) is 24.6 Å². The lowest BCUT2D eigenvalue weighted by molar-refractivity contribution is 0.0600. The lowest BCUT2D eigenvalue weighted by Crippen LogP contribution is -2.13. The minimum Gasteiger partial charge on any atom is -0.465 e. The van der Waals surface area contributed by atoms with Crippen LogP contribution in [0.25, 0.3) is 0 Å². The van der Waals surface area contributed by atoms with E-state index in [0.717, 1.165) is 0 Å². The molecule has 1 aromatic heterocycles. The van der Waals surface area contributed by atoms with Gasteiger partial charge in [-0.15, -0.1) is 6.58 Å². The van der Waals surface area contributed by atoms with Crippen molar-refractivity contribution >= 4 is 23.5 Å². The standard InChI is InChI=1S/C16H16N4O3/c1-3-8-17-16-18-9-12(10-19-16)14(21)20-13-6-4-11(5-7-13)15(22)23-2/h3-7,9-10H,1,8H2,2H3,(H,20,21)(H,17,18,19). The van der Waals surface area contributed by atoms with Crippen molar-refractivity contribution in [2.75, 3.05) is 24.3 Å². The summed E-state index contributed by atoms with van der Waals surface area (Å²) in [5.41, 5.74) is 1.29. The Hall–Kier alpha value is -3.22. The van der Waals surface area contributed by atoms with Gasteiger partial charge in [0.05, 0.1) is 18.2 Å². The molecule has 1 amide bonds. The van der Waals surface area contributed by atoms with Gasteiger partial charge < -0.3 is 15.4 Å². The van der Waals surface area contributed by atoms with Crippen LogP contribution in [-0.4, -0.2) is 35.5 Å². The molecule has 118 valence electrons. The largest absolute Gasteiger partial charge is 0.465 e. The maximum atomic E-state index is 12.1. The highest BCUT2D eigenvalue weighted by Crippen LogP contribution is 2.12. The van der Waals surface area contributed by atoms with Gasteiger partial charge in [-0.1, -0.05) is 6.08 Å². The maximum absolute atomic E-state index is 12.1. The van der Waals surface area contributed by atoms with E-state index in [0.29, 0.717) is 29.3 Å². The van der Waals surface area contributed by atoms with Crippen molar-refractivity contribution in [1.82, 2.24) is 9.97 Å². The molecule has 0 fully saturated rings. The molecular formula is C16H16N4O3. The lowest BCUT2D eigenvalue weighted by atomic mass is 10.2. The van der Waals surface area contributed by atoms with Crippen molar-refractivity contribution < 1.29 is 14.3 Å². The molecule has 0 saturated carbocycles. The van der Waals surface area contributed by atoms with Gasteiger partial charge in [0.15, 0.2) is 0 Å². The molecule has 0 aliphatic rings. The number of amides is 1. The monoisotopic (exact) mass is 312 g/mol. The van der Waals surface area contributed by atoms with Crippen LogP contribution in [0.2, 0.25) is 0 Å². The Morgan fingerprint density at radius 3 is 2.39 bits per heavy atom. The number of methoxy groups -OCH3 is 1. The summed E-state index contributed by atoms with van der Waals surface area (Å²) in [5, 5.41) is 5.61. The van der Waals surface area contributed by atoms with Gasteiger partial charge in [0.1, 0.15) is 0 Å². The molecular weight excluding hydrogens is 296 g/mol. The van der Waals surface area contributed by atoms with Crippen LogP contribution in [0.4, 0.5) is 11.6 Å². The third kappa shape index (κ3) is 4.37. The van der Waals surface area contributed by atoms with E-state index in [4.69, 9.17) is 0 Å². The minimum absolute atomic E-state index is 0.325. The van der Waals surface area contributed by atoms with Crippen molar-refractivity contribution in [3.8, 4) is 0 Å². The number of aromatic nitrogens is 2. The predicted molar refractivity (Wildman–Crippen MR) is 86.5 cm³/mol. The molecule has 2 N–H and O–H groups in total. The minimum atomic E-state index is -0.432. The van der Waals surface area contributed by atoms with E-state index in [-0.39, 0.29) is 5.91 Å². The van der Waals surface area contributed by atoms with Crippen molar-refractivity contribution in [3.05, 3.63) is 60.4 Å². The van der Waals surface area contributed by atoms with Gasteiger partial charge in [-0.3, -0.25) is 4.79 Å². The number of nitrogens with zero attached hydrogens (tertiary/aromatic N) is 2. The molecule has 1 aromatic carbocycles. The summed E-state index contributed by atoms with van der Waals surface area (Å²) in [5.74, 6) is -0.353. The van der Waals surface area contributed by atoms with E-state index >= 15 is 0 Å². The van der Waals surface area contributed by atoms with Gasteiger partial charge in [-0.05, 0) is 24.3 Å². The summed E-state index contributed by atoms with van der Waals surface area (Å²) < 4.78 is 4.61. The van der Waals surface area contributed by atoms with Crippen molar-refractivity contribution in [2.45, 2.75) is 0 Å². The normalized spacial score (nSPS) is 9.78. The molecule has 0 aliphatic heterocycles. The first-order valence-electron chi connectivity index (χ1n) is 6.80. The summed E-state index contributed by atoms with van der Waals surface area (Å²) >= 11 is 0. The van der Waals surface area contributed by atoms with E-state index < -0.39 is 5.97 Å². The Kier molecular flexibility index (Phi) is 5.40. The van der Waals surface area contributed by atoms with Gasteiger partial charge in [0.25, 0.3) is 5.91 Å². The number of hydrogen-bond donors (Lipinski definition) is 2. The highest BCUT2D eigenvalue weighted by atomic mass is 16.5. The zero-order valence-corrected chi connectivity index (χ0v) is 12.6. The molecule has 7 heteroatoms. The quantitative estimate of drug-likeness (QED) is 0.627. The summed E-state index contributed by atoms with van der Waals surface area (Å²) in [6.07, 6.45) is 4.54. The number of carbonyl (C=O) groups is 2. The van der Waals surface area contributed by atoms with E-state index in [1.54, 1.807) is 30.3 Å². The van der Waals surface area contributed by atoms with Crippen molar-refractivity contribution in [1.29, 1.82) is 0 Å². The summed E-state index contributed by atoms with van der Waals surface area (Å²) in [6, 6.07) is 6.37. The first-order valence-corrected chi connectivity index (χ1v) is 6.80. The molecule has 0 saturated heterocycles. The van der Waals surface area contributed by atoms with Crippen LogP contribution in [0.15, 0.2) is 49.3 Å². The highest BCUT2D eigenvalue weighted by molar-refractivity contribution is 6.04. The maximum Gasteiger partial charge on any atom is 0.337 e. The molecule has 2 rings (SSSR count). The van der Waals surface area contributed by atoms with Crippen LogP contribution in [0, 0.1) is 0 Å². The predicted octanol–water partition coefficient (Wildman–Crippen LogP) is 2.11. The second kappa shape index (κ2) is 7.69. The molecule has 0 unspecified atom stereocenters. The molecule has 0 spiro atoms. The molecule has 0 aliphatic carbocycles. The van der Waals surface area contributed by atoms with Gasteiger partial charge in [-0.2, -0.15) is 0 Å². The van der Waals surface area contributed by atoms with Crippen LogP contribution in [-0.2, 0) is 4.74 Å². The molecule has 23 heavy (non-hydrogen) atoms. The second-order valence-electron chi connectivity index (χ2n) is 4.49. The number of ether oxygens (including phenoxy) is 1. The molecule has 0 bridgehead atoms. The Bertz CT molecular complexity index is 696. The Balaban J connectivity index is 2.01. The SMILES string of the molecule is C=CCNc1ncc(C(=O)Nc2ccc(C(=O)OC)cc2)cn1. The van der Waals surface area contributed by atoms with Crippen LogP contribution in [0.5, 0.6) is 0 Å². The van der Waals surface area contributed by atoms with Crippen LogP contribution < -0.4 is 10.6 Å². The number of nitrogens with one attached hydrogen (secondary N) is 2. The number of carbonyl (C=O) groups excluding carboxylic acids is 2. The molecule has 7 nitrogen and oxygen atoms in total. The highest BCUT2D eigenvalue weighted by Gasteiger charge is 2.09. The van der Waals surface area contributed by atoms with E-state index in [1.807, 2.05) is 0 Å². The van der Waals surface area contributed by atoms with E-state index in [2.05, 4.69) is 31.9 Å². The van der Waals surface area contributed by atoms with E-state index in [1.165, 1.54) is 19.5 Å². The molecule has 2 aromatic rings. The van der Waals surface area contributed by atoms with Crippen LogP contribution >= 0.6 is 0 Å². The third-order valence-electron chi connectivity index (χ3n) is 2.88. The number of rotatable bonds is 6. The van der Waals surface area contributed by atoms with Gasteiger partial charge in [-0.25, -0.2) is 14.8 Å². The summed E-state index contributed by atoms with van der Waals surface area (Å²) in [6.45, 7) is 4.12. The topological polar surface area (TPSA) is 93.2 Å². The number of benzene rings is 1. The third-order valence-corrected chi connectivity index (χ3v) is 2.88. The average molecular weight is 312 g/mol. The van der Waals surface area contributed by atoms with Crippen molar-refractivity contribution in [2.24, 2.45) is 0 Å². The smallest absolute Gasteiger partial charge is 0.337 e. The first kappa shape index (κ1) is 16.2. The second-order valence-corrected chi connectivity index (χ2v) is 4.49. The van der Waals surface area contributed by atoms with Crippen LogP contribution in [0.1, 0.15) is 20.7 Å². The van der Waals surface area contributed by atoms with E-state index in [9.17, 15) is 9.59 Å². The Morgan fingerprint density at radius 1 is 1.17 bits per heavy atom. The average Bonchev–Trinajstić information content (AvgIpc) is 2.60. The van der Waals surface area contributed by atoms with Gasteiger partial charge >= 0.3 is 5.97 Å².